The molecule has 0 unspecified atom stereocenters. The number of benzene rings is 15. The first-order valence-corrected chi connectivity index (χ1v) is 31.0. The molecule has 1 heterocycles. The number of fused-ring (bicyclic) bond motifs is 9. The SMILES string of the molecule is CC1(C)c2ccccc2-c2ccc(-c3c4ccccc4c(-c4cccc5c(N(c6ccccc6)c6ccc(-n7c8ccc(-c9ccccc9-c9ccccc9)cc8c8cc(-c9ccccc9-c9ccccc9)ccc87)cc6)cccc45)c4ccccc34)cc21. The molecular weight excluding hydrogens is 1070 g/mol. The summed E-state index contributed by atoms with van der Waals surface area (Å²) in [5.74, 6) is 0. The van der Waals surface area contributed by atoms with E-state index in [0.717, 1.165) is 33.8 Å². The molecule has 0 amide bonds. The van der Waals surface area contributed by atoms with Gasteiger partial charge in [0.15, 0.2) is 0 Å². The maximum Gasteiger partial charge on any atom is 0.0541 e. The minimum Gasteiger partial charge on any atom is -0.310 e. The summed E-state index contributed by atoms with van der Waals surface area (Å²) in [5.41, 5.74) is 26.6. The monoisotopic (exact) mass is 1130 g/mol. The normalized spacial score (nSPS) is 12.5. The van der Waals surface area contributed by atoms with Gasteiger partial charge >= 0.3 is 0 Å². The Morgan fingerprint density at radius 1 is 0.247 bits per heavy atom. The summed E-state index contributed by atoms with van der Waals surface area (Å²) in [6, 6.07) is 121. The van der Waals surface area contributed by atoms with E-state index in [1.165, 1.54) is 132 Å². The molecule has 0 spiro atoms. The van der Waals surface area contributed by atoms with Crippen molar-refractivity contribution in [3.05, 3.63) is 339 Å². The molecule has 1 aliphatic rings. The second-order valence-electron chi connectivity index (χ2n) is 24.3. The van der Waals surface area contributed by atoms with E-state index in [-0.39, 0.29) is 5.41 Å². The lowest BCUT2D eigenvalue weighted by Crippen LogP contribution is -2.14. The van der Waals surface area contributed by atoms with Gasteiger partial charge in [0.1, 0.15) is 0 Å². The van der Waals surface area contributed by atoms with Crippen LogP contribution in [0.25, 0.3) is 138 Å². The first kappa shape index (κ1) is 52.0. The van der Waals surface area contributed by atoms with Crippen LogP contribution in [0.1, 0.15) is 25.0 Å². The zero-order chi connectivity index (χ0) is 59.2. The van der Waals surface area contributed by atoms with E-state index >= 15 is 0 Å². The maximum absolute atomic E-state index is 2.48. The molecule has 2 nitrogen and oxygen atoms in total. The number of para-hydroxylation sites is 1. The van der Waals surface area contributed by atoms with E-state index in [0.29, 0.717) is 0 Å². The van der Waals surface area contributed by atoms with Crippen LogP contribution in [0.2, 0.25) is 0 Å². The maximum atomic E-state index is 2.48. The second-order valence-corrected chi connectivity index (χ2v) is 24.3. The van der Waals surface area contributed by atoms with Gasteiger partial charge in [-0.15, -0.1) is 0 Å². The van der Waals surface area contributed by atoms with E-state index in [9.17, 15) is 0 Å². The predicted octanol–water partition coefficient (Wildman–Crippen LogP) is 24.0. The lowest BCUT2D eigenvalue weighted by atomic mass is 9.80. The fraction of sp³-hybridized carbons (Fsp3) is 0.0345. The topological polar surface area (TPSA) is 8.17 Å². The zero-order valence-electron chi connectivity index (χ0n) is 49.6. The molecular formula is C87H60N2. The highest BCUT2D eigenvalue weighted by Gasteiger charge is 2.36. The lowest BCUT2D eigenvalue weighted by molar-refractivity contribution is 0.660. The third-order valence-electron chi connectivity index (χ3n) is 19.0. The Hall–Kier alpha value is -11.3. The summed E-state index contributed by atoms with van der Waals surface area (Å²) in [6.45, 7) is 4.75. The molecule has 0 aliphatic heterocycles. The van der Waals surface area contributed by atoms with Crippen LogP contribution in [-0.2, 0) is 5.41 Å². The molecule has 2 heteroatoms. The molecule has 0 atom stereocenters. The van der Waals surface area contributed by atoms with Gasteiger partial charge in [-0.05, 0) is 189 Å². The molecule has 16 aromatic rings. The van der Waals surface area contributed by atoms with Gasteiger partial charge < -0.3 is 9.47 Å². The molecule has 15 aromatic carbocycles. The quantitative estimate of drug-likeness (QED) is 0.124. The number of nitrogens with zero attached hydrogens (tertiary/aromatic N) is 2. The fourth-order valence-electron chi connectivity index (χ4n) is 14.9. The molecule has 89 heavy (non-hydrogen) atoms. The van der Waals surface area contributed by atoms with Crippen LogP contribution < -0.4 is 4.90 Å². The Kier molecular flexibility index (Phi) is 12.3. The standard InChI is InChI=1S/C87H60N2/c1-87(2)80-42-21-20-34-70(80)71-51-44-61(56-81(71)87)85-74-35-16-18-37-76(74)86(77-38-19-17-36-75(77)85)73-41-22-40-72-69(73)39-23-43-82(72)88(62-28-10-5-11-29-62)63-47-49-64(50-48-63)89-83-52-45-59(67-32-14-12-30-65(67)57-24-6-3-7-25-57)54-78(83)79-55-60(46-53-84(79)89)68-33-15-13-31-66(68)58-26-8-4-9-27-58/h3-56H,1-2H3. The summed E-state index contributed by atoms with van der Waals surface area (Å²) in [7, 11) is 0. The van der Waals surface area contributed by atoms with Crippen LogP contribution in [0.3, 0.4) is 0 Å². The number of hydrogen-bond donors (Lipinski definition) is 0. The Morgan fingerprint density at radius 2 is 0.663 bits per heavy atom. The molecule has 0 fully saturated rings. The van der Waals surface area contributed by atoms with Gasteiger partial charge in [-0.25, -0.2) is 0 Å². The van der Waals surface area contributed by atoms with E-state index in [2.05, 4.69) is 351 Å². The first-order valence-electron chi connectivity index (χ1n) is 31.0. The molecule has 17 rings (SSSR count). The smallest absolute Gasteiger partial charge is 0.0541 e. The predicted molar refractivity (Wildman–Crippen MR) is 378 cm³/mol. The Labute approximate surface area is 519 Å². The Balaban J connectivity index is 0.807. The van der Waals surface area contributed by atoms with Crippen molar-refractivity contribution in [1.82, 2.24) is 4.57 Å². The minimum absolute atomic E-state index is 0.110. The van der Waals surface area contributed by atoms with Gasteiger partial charge in [-0.2, -0.15) is 0 Å². The van der Waals surface area contributed by atoms with E-state index in [1.54, 1.807) is 0 Å². The third kappa shape index (κ3) is 8.47. The van der Waals surface area contributed by atoms with Crippen LogP contribution in [0, 0.1) is 0 Å². The minimum atomic E-state index is -0.110. The van der Waals surface area contributed by atoms with Crippen LogP contribution in [0.5, 0.6) is 0 Å². The summed E-state index contributed by atoms with van der Waals surface area (Å²) in [4.78, 5) is 2.43. The largest absolute Gasteiger partial charge is 0.310 e. The van der Waals surface area contributed by atoms with Crippen molar-refractivity contribution in [1.29, 1.82) is 0 Å². The van der Waals surface area contributed by atoms with Crippen molar-refractivity contribution in [2.24, 2.45) is 0 Å². The zero-order valence-corrected chi connectivity index (χ0v) is 49.6. The average molecular weight is 1130 g/mol. The molecule has 1 aromatic heterocycles. The van der Waals surface area contributed by atoms with Gasteiger partial charge in [-0.3, -0.25) is 0 Å². The second kappa shape index (κ2) is 21.0. The number of hydrogen-bond acceptors (Lipinski definition) is 1. The van der Waals surface area contributed by atoms with Crippen molar-refractivity contribution >= 4 is 71.2 Å². The number of anilines is 3. The summed E-state index contributed by atoms with van der Waals surface area (Å²) >= 11 is 0. The van der Waals surface area contributed by atoms with Crippen LogP contribution in [0.4, 0.5) is 17.1 Å². The third-order valence-corrected chi connectivity index (χ3v) is 19.0. The fourth-order valence-corrected chi connectivity index (χ4v) is 14.9. The van der Waals surface area contributed by atoms with E-state index < -0.39 is 0 Å². The van der Waals surface area contributed by atoms with Gasteiger partial charge in [0.2, 0.25) is 0 Å². The molecule has 0 radical (unpaired) electrons. The molecule has 0 bridgehead atoms. The number of aromatic nitrogens is 1. The van der Waals surface area contributed by atoms with Crippen LogP contribution >= 0.6 is 0 Å². The highest BCUT2D eigenvalue weighted by Crippen LogP contribution is 2.53. The molecule has 0 saturated heterocycles. The Bertz CT molecular complexity index is 5240. The van der Waals surface area contributed by atoms with Crippen molar-refractivity contribution < 1.29 is 0 Å². The summed E-state index contributed by atoms with van der Waals surface area (Å²) < 4.78 is 2.45. The van der Waals surface area contributed by atoms with Crippen LogP contribution in [-0.4, -0.2) is 4.57 Å². The lowest BCUT2D eigenvalue weighted by Gasteiger charge is -2.27. The van der Waals surface area contributed by atoms with E-state index in [4.69, 9.17) is 0 Å². The molecule has 1 aliphatic carbocycles. The molecule has 0 N–H and O–H groups in total. The van der Waals surface area contributed by atoms with Gasteiger partial charge in [-0.1, -0.05) is 269 Å². The summed E-state index contributed by atoms with van der Waals surface area (Å²) in [5, 5.41) is 9.76. The van der Waals surface area contributed by atoms with Crippen molar-refractivity contribution in [2.45, 2.75) is 19.3 Å². The molecule has 0 saturated carbocycles. The highest BCUT2D eigenvalue weighted by atomic mass is 15.1. The highest BCUT2D eigenvalue weighted by molar-refractivity contribution is 6.24. The van der Waals surface area contributed by atoms with Gasteiger partial charge in [0, 0.05) is 38.6 Å². The van der Waals surface area contributed by atoms with Gasteiger partial charge in [0.25, 0.3) is 0 Å². The van der Waals surface area contributed by atoms with Crippen molar-refractivity contribution in [3.8, 4) is 83.6 Å². The van der Waals surface area contributed by atoms with Crippen molar-refractivity contribution in [3.63, 3.8) is 0 Å². The van der Waals surface area contributed by atoms with Crippen LogP contribution in [0.15, 0.2) is 328 Å². The molecule has 418 valence electrons. The van der Waals surface area contributed by atoms with E-state index in [1.807, 2.05) is 0 Å². The van der Waals surface area contributed by atoms with Gasteiger partial charge in [0.05, 0.1) is 16.7 Å². The van der Waals surface area contributed by atoms with Crippen molar-refractivity contribution in [2.75, 3.05) is 4.90 Å². The first-order chi connectivity index (χ1) is 43.9. The summed E-state index contributed by atoms with van der Waals surface area (Å²) in [6.07, 6.45) is 0. The Morgan fingerprint density at radius 3 is 1.24 bits per heavy atom. The number of rotatable bonds is 10. The average Bonchev–Trinajstić information content (AvgIpc) is 1.84.